The average molecular weight is 496 g/mol. The van der Waals surface area contributed by atoms with Crippen molar-refractivity contribution in [1.29, 1.82) is 0 Å². The monoisotopic (exact) mass is 495 g/mol. The normalized spacial score (nSPS) is 12.9. The van der Waals surface area contributed by atoms with Gasteiger partial charge in [-0.05, 0) is 77.6 Å². The fraction of sp³-hybridized carbons (Fsp3) is 0.483. The third-order valence-corrected chi connectivity index (χ3v) is 5.83. The second kappa shape index (κ2) is 12.6. The van der Waals surface area contributed by atoms with E-state index in [4.69, 9.17) is 4.74 Å². The van der Waals surface area contributed by atoms with Crippen molar-refractivity contribution in [2.75, 3.05) is 11.9 Å². The highest BCUT2D eigenvalue weighted by Gasteiger charge is 2.35. The van der Waals surface area contributed by atoms with Gasteiger partial charge in [0.2, 0.25) is 5.91 Å². The third-order valence-electron chi connectivity index (χ3n) is 5.83. The summed E-state index contributed by atoms with van der Waals surface area (Å²) in [5.74, 6) is -0.646. The molecule has 0 heterocycles. The summed E-state index contributed by atoms with van der Waals surface area (Å²) in [6.07, 6.45) is 0.881. The van der Waals surface area contributed by atoms with Gasteiger partial charge in [0.25, 0.3) is 5.91 Å². The first-order valence-corrected chi connectivity index (χ1v) is 12.6. The molecular weight excluding hydrogens is 454 g/mol. The molecule has 0 spiro atoms. The SMILES string of the molecule is CCCCN(C(=O)C(C)NC(=O)OC(C)(C)C)C(C(=O)Nc1ccccc1C)c1cc(C)ccc1C. The molecule has 0 aliphatic rings. The minimum absolute atomic E-state index is 0.299. The van der Waals surface area contributed by atoms with Crippen LogP contribution in [-0.4, -0.2) is 41.0 Å². The molecule has 0 aliphatic carbocycles. The predicted molar refractivity (Wildman–Crippen MR) is 144 cm³/mol. The Morgan fingerprint density at radius 2 is 1.67 bits per heavy atom. The maximum Gasteiger partial charge on any atom is 0.408 e. The highest BCUT2D eigenvalue weighted by molar-refractivity contribution is 5.99. The van der Waals surface area contributed by atoms with Crippen LogP contribution in [0.15, 0.2) is 42.5 Å². The van der Waals surface area contributed by atoms with Crippen LogP contribution in [0.25, 0.3) is 0 Å². The van der Waals surface area contributed by atoms with Crippen LogP contribution in [0.4, 0.5) is 10.5 Å². The molecule has 2 unspecified atom stereocenters. The number of hydrogen-bond donors (Lipinski definition) is 2. The van der Waals surface area contributed by atoms with Crippen LogP contribution in [0.1, 0.15) is 75.8 Å². The number of nitrogens with one attached hydrogen (secondary N) is 2. The van der Waals surface area contributed by atoms with Crippen molar-refractivity contribution >= 4 is 23.6 Å². The standard InChI is InChI=1S/C29H41N3O4/c1-9-10-17-32(27(34)22(5)30-28(35)36-29(6,7)8)25(23-18-19(2)15-16-20(23)3)26(33)31-24-14-12-11-13-21(24)4/h11-16,18,22,25H,9-10,17H2,1-8H3,(H,30,35)(H,31,33). The molecule has 0 bridgehead atoms. The molecule has 0 saturated carbocycles. The van der Waals surface area contributed by atoms with E-state index in [9.17, 15) is 14.4 Å². The lowest BCUT2D eigenvalue weighted by Gasteiger charge is -2.34. The number of carbonyl (C=O) groups excluding carboxylic acids is 3. The van der Waals surface area contributed by atoms with Crippen LogP contribution < -0.4 is 10.6 Å². The smallest absolute Gasteiger partial charge is 0.408 e. The number of hydrogen-bond acceptors (Lipinski definition) is 4. The molecule has 2 N–H and O–H groups in total. The molecule has 7 heteroatoms. The molecule has 0 aromatic heterocycles. The van der Waals surface area contributed by atoms with Crippen molar-refractivity contribution in [2.24, 2.45) is 0 Å². The number of carbonyl (C=O) groups is 3. The fourth-order valence-corrected chi connectivity index (χ4v) is 3.91. The Morgan fingerprint density at radius 1 is 1.00 bits per heavy atom. The molecule has 36 heavy (non-hydrogen) atoms. The largest absolute Gasteiger partial charge is 0.444 e. The van der Waals surface area contributed by atoms with Crippen molar-refractivity contribution in [3.63, 3.8) is 0 Å². The molecule has 2 rings (SSSR count). The Morgan fingerprint density at radius 3 is 2.28 bits per heavy atom. The zero-order chi connectivity index (χ0) is 27.0. The highest BCUT2D eigenvalue weighted by atomic mass is 16.6. The van der Waals surface area contributed by atoms with E-state index in [0.717, 1.165) is 28.7 Å². The summed E-state index contributed by atoms with van der Waals surface area (Å²) in [5.41, 5.74) is 3.59. The Kier molecular flexibility index (Phi) is 10.1. The van der Waals surface area contributed by atoms with Crippen molar-refractivity contribution in [3.8, 4) is 0 Å². The van der Waals surface area contributed by atoms with Gasteiger partial charge in [-0.1, -0.05) is 55.3 Å². The molecule has 3 amide bonds. The lowest BCUT2D eigenvalue weighted by atomic mass is 9.95. The first kappa shape index (κ1) is 28.9. The van der Waals surface area contributed by atoms with Gasteiger partial charge in [-0.2, -0.15) is 0 Å². The zero-order valence-electron chi connectivity index (χ0n) is 22.9. The Balaban J connectivity index is 2.49. The minimum atomic E-state index is -0.879. The number of amides is 3. The van der Waals surface area contributed by atoms with E-state index < -0.39 is 23.8 Å². The molecule has 2 aromatic carbocycles. The maximum atomic E-state index is 13.9. The molecule has 2 atom stereocenters. The van der Waals surface area contributed by atoms with E-state index >= 15 is 0 Å². The zero-order valence-corrected chi connectivity index (χ0v) is 22.9. The summed E-state index contributed by atoms with van der Waals surface area (Å²) < 4.78 is 5.34. The van der Waals surface area contributed by atoms with Crippen molar-refractivity contribution in [1.82, 2.24) is 10.2 Å². The van der Waals surface area contributed by atoms with Crippen molar-refractivity contribution in [2.45, 2.75) is 85.9 Å². The molecular formula is C29H41N3O4. The minimum Gasteiger partial charge on any atom is -0.444 e. The van der Waals surface area contributed by atoms with Crippen LogP contribution >= 0.6 is 0 Å². The van der Waals surface area contributed by atoms with E-state index in [1.807, 2.05) is 70.2 Å². The summed E-state index contributed by atoms with van der Waals surface area (Å²) in [7, 11) is 0. The number of anilines is 1. The third kappa shape index (κ3) is 8.11. The fourth-order valence-electron chi connectivity index (χ4n) is 3.91. The van der Waals surface area contributed by atoms with Crippen LogP contribution in [0.2, 0.25) is 0 Å². The lowest BCUT2D eigenvalue weighted by Crippen LogP contribution is -2.51. The highest BCUT2D eigenvalue weighted by Crippen LogP contribution is 2.29. The van der Waals surface area contributed by atoms with E-state index in [1.54, 1.807) is 32.6 Å². The summed E-state index contributed by atoms with van der Waals surface area (Å²) >= 11 is 0. The first-order valence-electron chi connectivity index (χ1n) is 12.6. The summed E-state index contributed by atoms with van der Waals surface area (Å²) in [6, 6.07) is 11.7. The van der Waals surface area contributed by atoms with Gasteiger partial charge < -0.3 is 20.3 Å². The Hall–Kier alpha value is -3.35. The molecule has 2 aromatic rings. The van der Waals surface area contributed by atoms with E-state index in [1.165, 1.54) is 0 Å². The van der Waals surface area contributed by atoms with Gasteiger partial charge in [-0.15, -0.1) is 0 Å². The quantitative estimate of drug-likeness (QED) is 0.458. The van der Waals surface area contributed by atoms with Gasteiger partial charge in [0.1, 0.15) is 17.7 Å². The van der Waals surface area contributed by atoms with Gasteiger partial charge in [0.05, 0.1) is 0 Å². The van der Waals surface area contributed by atoms with Crippen LogP contribution in [0.5, 0.6) is 0 Å². The summed E-state index contributed by atoms with van der Waals surface area (Å²) in [6.45, 7) is 15.1. The Bertz CT molecular complexity index is 1070. The van der Waals surface area contributed by atoms with E-state index in [0.29, 0.717) is 18.7 Å². The van der Waals surface area contributed by atoms with E-state index in [-0.39, 0.29) is 11.8 Å². The number of unbranched alkanes of at least 4 members (excludes halogenated alkanes) is 1. The molecule has 0 fully saturated rings. The number of nitrogens with zero attached hydrogens (tertiary/aromatic N) is 1. The number of ether oxygens (including phenoxy) is 1. The topological polar surface area (TPSA) is 87.7 Å². The lowest BCUT2D eigenvalue weighted by molar-refractivity contribution is -0.140. The first-order chi connectivity index (χ1) is 16.8. The van der Waals surface area contributed by atoms with Gasteiger partial charge in [0.15, 0.2) is 0 Å². The van der Waals surface area contributed by atoms with Crippen molar-refractivity contribution < 1.29 is 19.1 Å². The van der Waals surface area contributed by atoms with Gasteiger partial charge in [0, 0.05) is 12.2 Å². The maximum absolute atomic E-state index is 13.9. The van der Waals surface area contributed by atoms with Crippen LogP contribution in [0, 0.1) is 20.8 Å². The second-order valence-corrected chi connectivity index (χ2v) is 10.3. The number of alkyl carbamates (subject to hydrolysis) is 1. The number of benzene rings is 2. The van der Waals surface area contributed by atoms with Gasteiger partial charge in [-0.25, -0.2) is 4.79 Å². The Labute approximate surface area is 215 Å². The molecule has 0 aliphatic heterocycles. The van der Waals surface area contributed by atoms with Crippen molar-refractivity contribution in [3.05, 3.63) is 64.7 Å². The molecule has 0 radical (unpaired) electrons. The van der Waals surface area contributed by atoms with Gasteiger partial charge >= 0.3 is 6.09 Å². The van der Waals surface area contributed by atoms with Crippen LogP contribution in [-0.2, 0) is 14.3 Å². The molecule has 196 valence electrons. The van der Waals surface area contributed by atoms with Gasteiger partial charge in [-0.3, -0.25) is 9.59 Å². The average Bonchev–Trinajstić information content (AvgIpc) is 2.78. The second-order valence-electron chi connectivity index (χ2n) is 10.3. The number of aryl methyl sites for hydroxylation is 3. The number of para-hydroxylation sites is 1. The van der Waals surface area contributed by atoms with E-state index in [2.05, 4.69) is 10.6 Å². The van der Waals surface area contributed by atoms with Crippen LogP contribution in [0.3, 0.4) is 0 Å². The summed E-state index contributed by atoms with van der Waals surface area (Å²) in [5, 5.41) is 5.67. The summed E-state index contributed by atoms with van der Waals surface area (Å²) in [4.78, 5) is 41.6. The predicted octanol–water partition coefficient (Wildman–Crippen LogP) is 5.83. The molecule has 0 saturated heterocycles. The number of rotatable bonds is 9. The molecule has 7 nitrogen and oxygen atoms in total.